The first-order chi connectivity index (χ1) is 12.6. The Morgan fingerprint density at radius 2 is 1.59 bits per heavy atom. The first kappa shape index (κ1) is 21.4. The van der Waals surface area contributed by atoms with Crippen LogP contribution in [0.15, 0.2) is 53.4 Å². The van der Waals surface area contributed by atoms with E-state index in [9.17, 15) is 13.2 Å². The molecule has 0 radical (unpaired) electrons. The van der Waals surface area contributed by atoms with E-state index < -0.39 is 10.0 Å². The van der Waals surface area contributed by atoms with Crippen LogP contribution in [0.3, 0.4) is 0 Å². The maximum absolute atomic E-state index is 13.0. The van der Waals surface area contributed by atoms with Gasteiger partial charge in [0, 0.05) is 20.1 Å². The minimum Gasteiger partial charge on any atom is -0.335 e. The van der Waals surface area contributed by atoms with E-state index in [0.29, 0.717) is 0 Å². The van der Waals surface area contributed by atoms with Crippen molar-refractivity contribution in [1.29, 1.82) is 0 Å². The Bertz CT molecular complexity index is 914. The van der Waals surface area contributed by atoms with E-state index in [4.69, 9.17) is 11.6 Å². The molecule has 0 spiro atoms. The molecule has 0 aliphatic carbocycles. The Kier molecular flexibility index (Phi) is 6.68. The lowest BCUT2D eigenvalue weighted by atomic mass is 10.1. The van der Waals surface area contributed by atoms with Gasteiger partial charge in [-0.1, -0.05) is 41.9 Å². The van der Waals surface area contributed by atoms with Gasteiger partial charge in [0.2, 0.25) is 10.0 Å². The van der Waals surface area contributed by atoms with Crippen molar-refractivity contribution in [3.05, 3.63) is 64.7 Å². The zero-order valence-corrected chi connectivity index (χ0v) is 17.8. The van der Waals surface area contributed by atoms with Crippen molar-refractivity contribution >= 4 is 27.5 Å². The number of sulfonamides is 1. The molecule has 0 aliphatic rings. The van der Waals surface area contributed by atoms with Gasteiger partial charge in [-0.05, 0) is 44.5 Å². The van der Waals surface area contributed by atoms with Crippen LogP contribution in [-0.2, 0) is 10.0 Å². The monoisotopic (exact) mass is 408 g/mol. The number of amides is 1. The molecule has 27 heavy (non-hydrogen) atoms. The van der Waals surface area contributed by atoms with Crippen LogP contribution in [0.5, 0.6) is 0 Å². The van der Waals surface area contributed by atoms with E-state index in [-0.39, 0.29) is 33.5 Å². The molecule has 1 amide bonds. The minimum atomic E-state index is -3.71. The predicted molar refractivity (Wildman–Crippen MR) is 108 cm³/mol. The van der Waals surface area contributed by atoms with Gasteiger partial charge in [0.05, 0.1) is 21.5 Å². The van der Waals surface area contributed by atoms with Crippen molar-refractivity contribution in [1.82, 2.24) is 9.21 Å². The standard InChI is InChI=1S/C20H25ClN2O3S/c1-14(2)23(5)27(25,26)17-11-12-19(21)18(13-17)20(24)22(4)15(3)16-9-7-6-8-10-16/h6-15H,1-5H3. The normalized spacial score (nSPS) is 13.0. The molecule has 2 rings (SSSR count). The highest BCUT2D eigenvalue weighted by molar-refractivity contribution is 7.89. The fourth-order valence-electron chi connectivity index (χ4n) is 2.59. The third-order valence-corrected chi connectivity index (χ3v) is 7.11. The number of halogens is 1. The van der Waals surface area contributed by atoms with Crippen LogP contribution in [0.2, 0.25) is 5.02 Å². The highest BCUT2D eigenvalue weighted by Gasteiger charge is 2.27. The Balaban J connectivity index is 2.39. The smallest absolute Gasteiger partial charge is 0.255 e. The lowest BCUT2D eigenvalue weighted by molar-refractivity contribution is 0.0742. The molecule has 0 bridgehead atoms. The maximum Gasteiger partial charge on any atom is 0.255 e. The van der Waals surface area contributed by atoms with Crippen LogP contribution in [0, 0.1) is 0 Å². The van der Waals surface area contributed by atoms with Crippen LogP contribution in [-0.4, -0.2) is 43.7 Å². The number of carbonyl (C=O) groups is 1. The van der Waals surface area contributed by atoms with Gasteiger partial charge >= 0.3 is 0 Å². The number of hydrogen-bond acceptors (Lipinski definition) is 3. The van der Waals surface area contributed by atoms with E-state index in [1.54, 1.807) is 25.8 Å². The fourth-order valence-corrected chi connectivity index (χ4v) is 4.19. The lowest BCUT2D eigenvalue weighted by Gasteiger charge is -2.26. The van der Waals surface area contributed by atoms with Crippen molar-refractivity contribution < 1.29 is 13.2 Å². The zero-order chi connectivity index (χ0) is 20.4. The molecule has 0 N–H and O–H groups in total. The molecule has 146 valence electrons. The molecular formula is C20H25ClN2O3S. The van der Waals surface area contributed by atoms with E-state index in [0.717, 1.165) is 5.56 Å². The van der Waals surface area contributed by atoms with Crippen molar-refractivity contribution in [3.63, 3.8) is 0 Å². The van der Waals surface area contributed by atoms with Gasteiger partial charge in [0.1, 0.15) is 0 Å². The molecule has 1 atom stereocenters. The number of rotatable bonds is 6. The molecule has 0 fully saturated rings. The summed E-state index contributed by atoms with van der Waals surface area (Å²) < 4.78 is 26.8. The molecule has 5 nitrogen and oxygen atoms in total. The molecular weight excluding hydrogens is 384 g/mol. The van der Waals surface area contributed by atoms with Gasteiger partial charge in [-0.2, -0.15) is 4.31 Å². The van der Waals surface area contributed by atoms with Crippen molar-refractivity contribution in [2.45, 2.75) is 37.8 Å². The van der Waals surface area contributed by atoms with Crippen LogP contribution in [0.25, 0.3) is 0 Å². The molecule has 2 aromatic carbocycles. The largest absolute Gasteiger partial charge is 0.335 e. The topological polar surface area (TPSA) is 57.7 Å². The van der Waals surface area contributed by atoms with Crippen LogP contribution in [0.1, 0.15) is 42.7 Å². The van der Waals surface area contributed by atoms with Gasteiger partial charge in [-0.25, -0.2) is 8.42 Å². The summed E-state index contributed by atoms with van der Waals surface area (Å²) in [4.78, 5) is 14.6. The number of nitrogens with zero attached hydrogens (tertiary/aromatic N) is 2. The number of benzene rings is 2. The Morgan fingerprint density at radius 3 is 2.15 bits per heavy atom. The lowest BCUT2D eigenvalue weighted by Crippen LogP contribution is -2.33. The second-order valence-corrected chi connectivity index (χ2v) is 9.16. The van der Waals surface area contributed by atoms with Crippen LogP contribution in [0.4, 0.5) is 0 Å². The fraction of sp³-hybridized carbons (Fsp3) is 0.350. The Morgan fingerprint density at radius 1 is 1.00 bits per heavy atom. The van der Waals surface area contributed by atoms with Crippen molar-refractivity contribution in [3.8, 4) is 0 Å². The minimum absolute atomic E-state index is 0.0483. The first-order valence-corrected chi connectivity index (χ1v) is 10.5. The van der Waals surface area contributed by atoms with Gasteiger partial charge in [-0.3, -0.25) is 4.79 Å². The molecule has 1 unspecified atom stereocenters. The molecule has 2 aromatic rings. The van der Waals surface area contributed by atoms with E-state index in [2.05, 4.69) is 0 Å². The summed E-state index contributed by atoms with van der Waals surface area (Å²) in [7, 11) is -0.513. The van der Waals surface area contributed by atoms with E-state index in [1.807, 2.05) is 37.3 Å². The Labute approximate surface area is 166 Å². The van der Waals surface area contributed by atoms with E-state index >= 15 is 0 Å². The second-order valence-electron chi connectivity index (χ2n) is 6.76. The second kappa shape index (κ2) is 8.42. The third-order valence-electron chi connectivity index (χ3n) is 4.76. The Hall–Kier alpha value is -1.89. The zero-order valence-electron chi connectivity index (χ0n) is 16.2. The predicted octanol–water partition coefficient (Wildman–Crippen LogP) is 4.20. The summed E-state index contributed by atoms with van der Waals surface area (Å²) in [5.74, 6) is -0.333. The first-order valence-electron chi connectivity index (χ1n) is 8.67. The number of carbonyl (C=O) groups excluding carboxylic acids is 1. The van der Waals surface area contributed by atoms with Crippen molar-refractivity contribution in [2.75, 3.05) is 14.1 Å². The van der Waals surface area contributed by atoms with Gasteiger partial charge in [0.15, 0.2) is 0 Å². The average Bonchev–Trinajstić information content (AvgIpc) is 2.66. The van der Waals surface area contributed by atoms with Gasteiger partial charge in [0.25, 0.3) is 5.91 Å². The van der Waals surface area contributed by atoms with Gasteiger partial charge in [-0.15, -0.1) is 0 Å². The molecule has 7 heteroatoms. The summed E-state index contributed by atoms with van der Waals surface area (Å²) in [6.45, 7) is 5.48. The molecule has 0 saturated heterocycles. The summed E-state index contributed by atoms with van der Waals surface area (Å²) in [6, 6.07) is 13.5. The highest BCUT2D eigenvalue weighted by atomic mass is 35.5. The number of hydrogen-bond donors (Lipinski definition) is 0. The van der Waals surface area contributed by atoms with Crippen LogP contribution >= 0.6 is 11.6 Å². The van der Waals surface area contributed by atoms with Crippen molar-refractivity contribution in [2.24, 2.45) is 0 Å². The summed E-state index contributed by atoms with van der Waals surface area (Å²) in [5.41, 5.74) is 1.15. The van der Waals surface area contributed by atoms with E-state index in [1.165, 1.54) is 29.6 Å². The SMILES string of the molecule is CC(c1ccccc1)N(C)C(=O)c1cc(S(=O)(=O)N(C)C(C)C)ccc1Cl. The van der Waals surface area contributed by atoms with Crippen LogP contribution < -0.4 is 0 Å². The molecule has 0 aliphatic heterocycles. The maximum atomic E-state index is 13.0. The molecule has 0 saturated carbocycles. The third kappa shape index (κ3) is 4.51. The summed E-state index contributed by atoms with van der Waals surface area (Å²) in [6.07, 6.45) is 0. The average molecular weight is 409 g/mol. The molecule has 0 heterocycles. The summed E-state index contributed by atoms with van der Waals surface area (Å²) >= 11 is 6.22. The highest BCUT2D eigenvalue weighted by Crippen LogP contribution is 2.27. The summed E-state index contributed by atoms with van der Waals surface area (Å²) in [5, 5.41) is 0.221. The quantitative estimate of drug-likeness (QED) is 0.719. The molecule has 0 aromatic heterocycles. The van der Waals surface area contributed by atoms with Gasteiger partial charge < -0.3 is 4.90 Å².